The number of nitrogens with one attached hydrogen (secondary N) is 1. The van der Waals surface area contributed by atoms with Crippen LogP contribution in [-0.4, -0.2) is 35.8 Å². The Bertz CT molecular complexity index is 294. The van der Waals surface area contributed by atoms with Gasteiger partial charge in [0.1, 0.15) is 12.1 Å². The maximum absolute atomic E-state index is 12.0. The molecule has 1 N–H and O–H groups in total. The zero-order valence-electron chi connectivity index (χ0n) is 10.8. The van der Waals surface area contributed by atoms with Crippen LogP contribution in [0.1, 0.15) is 40.5 Å². The molecule has 2 amide bonds. The first-order chi connectivity index (χ1) is 7.29. The van der Waals surface area contributed by atoms with Gasteiger partial charge in [0.15, 0.2) is 0 Å². The van der Waals surface area contributed by atoms with E-state index in [0.29, 0.717) is 6.42 Å². The zero-order chi connectivity index (χ0) is 12.5. The SMILES string of the molecule is CCCC1NC(=O)C(C(C)(C)C)N(C)C1=O. The Morgan fingerprint density at radius 2 is 1.88 bits per heavy atom. The summed E-state index contributed by atoms with van der Waals surface area (Å²) in [6.07, 6.45) is 1.61. The fraction of sp³-hybridized carbons (Fsp3) is 0.833. The molecule has 0 spiro atoms. The van der Waals surface area contributed by atoms with Gasteiger partial charge in [-0.1, -0.05) is 34.1 Å². The van der Waals surface area contributed by atoms with Gasteiger partial charge in [0, 0.05) is 7.05 Å². The van der Waals surface area contributed by atoms with E-state index in [9.17, 15) is 9.59 Å². The molecule has 1 fully saturated rings. The molecule has 1 rings (SSSR count). The minimum Gasteiger partial charge on any atom is -0.342 e. The Morgan fingerprint density at radius 3 is 2.31 bits per heavy atom. The lowest BCUT2D eigenvalue weighted by Crippen LogP contribution is -2.65. The average Bonchev–Trinajstić information content (AvgIpc) is 2.12. The van der Waals surface area contributed by atoms with Crippen LogP contribution in [-0.2, 0) is 9.59 Å². The third kappa shape index (κ3) is 2.36. The monoisotopic (exact) mass is 226 g/mol. The van der Waals surface area contributed by atoms with Crippen LogP contribution >= 0.6 is 0 Å². The lowest BCUT2D eigenvalue weighted by molar-refractivity contribution is -0.152. The van der Waals surface area contributed by atoms with Gasteiger partial charge in [0.05, 0.1) is 0 Å². The highest BCUT2D eigenvalue weighted by Crippen LogP contribution is 2.27. The van der Waals surface area contributed by atoms with Gasteiger partial charge in [-0.15, -0.1) is 0 Å². The topological polar surface area (TPSA) is 49.4 Å². The van der Waals surface area contributed by atoms with Gasteiger partial charge in [-0.05, 0) is 11.8 Å². The third-order valence-corrected chi connectivity index (χ3v) is 3.00. The van der Waals surface area contributed by atoms with E-state index in [1.807, 2.05) is 27.7 Å². The minimum absolute atomic E-state index is 0.0291. The van der Waals surface area contributed by atoms with Crippen molar-refractivity contribution < 1.29 is 9.59 Å². The van der Waals surface area contributed by atoms with Crippen molar-refractivity contribution in [1.29, 1.82) is 0 Å². The summed E-state index contributed by atoms with van der Waals surface area (Å²) in [6.45, 7) is 7.93. The molecular weight excluding hydrogens is 204 g/mol. The van der Waals surface area contributed by atoms with Crippen molar-refractivity contribution in [3.8, 4) is 0 Å². The number of likely N-dealkylation sites (N-methyl/N-ethyl adjacent to an activating group) is 1. The molecule has 92 valence electrons. The van der Waals surface area contributed by atoms with Crippen molar-refractivity contribution in [2.24, 2.45) is 5.41 Å². The maximum atomic E-state index is 12.0. The van der Waals surface area contributed by atoms with Gasteiger partial charge < -0.3 is 10.2 Å². The largest absolute Gasteiger partial charge is 0.342 e. The van der Waals surface area contributed by atoms with Gasteiger partial charge in [0.2, 0.25) is 11.8 Å². The average molecular weight is 226 g/mol. The molecule has 0 aromatic heterocycles. The molecule has 1 aliphatic rings. The molecular formula is C12H22N2O2. The number of amides is 2. The van der Waals surface area contributed by atoms with Crippen LogP contribution < -0.4 is 5.32 Å². The number of rotatable bonds is 2. The summed E-state index contributed by atoms with van der Waals surface area (Å²) in [5.74, 6) is -0.00516. The van der Waals surface area contributed by atoms with Crippen LogP contribution in [0.3, 0.4) is 0 Å². The van der Waals surface area contributed by atoms with E-state index < -0.39 is 0 Å². The summed E-state index contributed by atoms with van der Waals surface area (Å²) in [5.41, 5.74) is -0.230. The molecule has 4 heteroatoms. The number of piperazine rings is 1. The number of hydrogen-bond acceptors (Lipinski definition) is 2. The van der Waals surface area contributed by atoms with Gasteiger partial charge >= 0.3 is 0 Å². The van der Waals surface area contributed by atoms with Crippen LogP contribution in [0.2, 0.25) is 0 Å². The Balaban J connectivity index is 2.89. The Kier molecular flexibility index (Phi) is 3.61. The Labute approximate surface area is 97.4 Å². The van der Waals surface area contributed by atoms with Crippen LogP contribution in [0.4, 0.5) is 0 Å². The molecule has 16 heavy (non-hydrogen) atoms. The lowest BCUT2D eigenvalue weighted by Gasteiger charge is -2.42. The van der Waals surface area contributed by atoms with Crippen molar-refractivity contribution in [2.75, 3.05) is 7.05 Å². The highest BCUT2D eigenvalue weighted by molar-refractivity contribution is 5.97. The van der Waals surface area contributed by atoms with Gasteiger partial charge in [-0.25, -0.2) is 0 Å². The van der Waals surface area contributed by atoms with Crippen molar-refractivity contribution in [3.05, 3.63) is 0 Å². The molecule has 0 aromatic carbocycles. The van der Waals surface area contributed by atoms with Crippen LogP contribution in [0.25, 0.3) is 0 Å². The highest BCUT2D eigenvalue weighted by atomic mass is 16.2. The molecule has 2 unspecified atom stereocenters. The summed E-state index contributed by atoms with van der Waals surface area (Å²) < 4.78 is 0. The van der Waals surface area contributed by atoms with Gasteiger partial charge in [-0.3, -0.25) is 9.59 Å². The summed E-state index contributed by atoms with van der Waals surface area (Å²) >= 11 is 0. The van der Waals surface area contributed by atoms with E-state index in [4.69, 9.17) is 0 Å². The van der Waals surface area contributed by atoms with E-state index in [-0.39, 0.29) is 29.3 Å². The maximum Gasteiger partial charge on any atom is 0.245 e. The first-order valence-corrected chi connectivity index (χ1v) is 5.86. The standard InChI is InChI=1S/C12H22N2O2/c1-6-7-8-11(16)14(5)9(10(15)13-8)12(2,3)4/h8-9H,6-7H2,1-5H3,(H,13,15). The Morgan fingerprint density at radius 1 is 1.31 bits per heavy atom. The quantitative estimate of drug-likeness (QED) is 0.768. The molecule has 1 heterocycles. The number of nitrogens with zero attached hydrogens (tertiary/aromatic N) is 1. The summed E-state index contributed by atoms with van der Waals surface area (Å²) in [5, 5.41) is 2.82. The van der Waals surface area contributed by atoms with E-state index in [0.717, 1.165) is 6.42 Å². The second-order valence-corrected chi connectivity index (χ2v) is 5.57. The molecule has 1 aliphatic heterocycles. The third-order valence-electron chi connectivity index (χ3n) is 3.00. The number of carbonyl (C=O) groups is 2. The molecule has 0 aromatic rings. The van der Waals surface area contributed by atoms with E-state index in [1.165, 1.54) is 0 Å². The first kappa shape index (κ1) is 13.0. The van der Waals surface area contributed by atoms with Gasteiger partial charge in [0.25, 0.3) is 0 Å². The van der Waals surface area contributed by atoms with Crippen LogP contribution in [0.15, 0.2) is 0 Å². The van der Waals surface area contributed by atoms with E-state index in [1.54, 1.807) is 11.9 Å². The normalized spacial score (nSPS) is 26.9. The predicted octanol–water partition coefficient (Wildman–Crippen LogP) is 1.16. The second kappa shape index (κ2) is 4.44. The summed E-state index contributed by atoms with van der Waals surface area (Å²) in [7, 11) is 1.72. The molecule has 2 atom stereocenters. The molecule has 0 saturated carbocycles. The van der Waals surface area contributed by atoms with Gasteiger partial charge in [-0.2, -0.15) is 0 Å². The summed E-state index contributed by atoms with van der Waals surface area (Å²) in [6, 6.07) is -0.700. The van der Waals surface area contributed by atoms with Crippen LogP contribution in [0.5, 0.6) is 0 Å². The fourth-order valence-electron chi connectivity index (χ4n) is 2.32. The summed E-state index contributed by atoms with van der Waals surface area (Å²) in [4.78, 5) is 25.6. The van der Waals surface area contributed by atoms with Crippen molar-refractivity contribution in [1.82, 2.24) is 10.2 Å². The predicted molar refractivity (Wildman–Crippen MR) is 62.9 cm³/mol. The molecule has 0 aliphatic carbocycles. The Hall–Kier alpha value is -1.06. The second-order valence-electron chi connectivity index (χ2n) is 5.57. The van der Waals surface area contributed by atoms with E-state index >= 15 is 0 Å². The minimum atomic E-state index is -0.367. The molecule has 4 nitrogen and oxygen atoms in total. The van der Waals surface area contributed by atoms with Crippen molar-refractivity contribution in [3.63, 3.8) is 0 Å². The first-order valence-electron chi connectivity index (χ1n) is 5.86. The van der Waals surface area contributed by atoms with Crippen LogP contribution in [0, 0.1) is 5.41 Å². The highest BCUT2D eigenvalue weighted by Gasteiger charge is 2.43. The van der Waals surface area contributed by atoms with E-state index in [2.05, 4.69) is 5.32 Å². The fourth-order valence-corrected chi connectivity index (χ4v) is 2.32. The number of hydrogen-bond donors (Lipinski definition) is 1. The number of carbonyl (C=O) groups excluding carboxylic acids is 2. The molecule has 0 bridgehead atoms. The van der Waals surface area contributed by atoms with Crippen molar-refractivity contribution in [2.45, 2.75) is 52.6 Å². The lowest BCUT2D eigenvalue weighted by atomic mass is 9.83. The van der Waals surface area contributed by atoms with Crippen molar-refractivity contribution >= 4 is 11.8 Å². The smallest absolute Gasteiger partial charge is 0.245 e. The molecule has 0 radical (unpaired) electrons. The molecule has 1 saturated heterocycles. The zero-order valence-corrected chi connectivity index (χ0v) is 10.8.